The van der Waals surface area contributed by atoms with Crippen molar-refractivity contribution in [3.63, 3.8) is 0 Å². The summed E-state index contributed by atoms with van der Waals surface area (Å²) in [6, 6.07) is 3.96. The van der Waals surface area contributed by atoms with Gasteiger partial charge in [0.15, 0.2) is 5.16 Å². The highest BCUT2D eigenvalue weighted by Crippen LogP contribution is 2.21. The van der Waals surface area contributed by atoms with Crippen molar-refractivity contribution in [3.8, 4) is 0 Å². The predicted octanol–water partition coefficient (Wildman–Crippen LogP) is 3.17. The van der Waals surface area contributed by atoms with Crippen LogP contribution < -0.4 is 10.2 Å². The van der Waals surface area contributed by atoms with Gasteiger partial charge in [0.1, 0.15) is 17.4 Å². The Bertz CT molecular complexity index is 570. The second-order valence-electron chi connectivity index (χ2n) is 4.49. The number of rotatable bonds is 6. The molecule has 0 fully saturated rings. The van der Waals surface area contributed by atoms with E-state index in [2.05, 4.69) is 27.1 Å². The molecule has 0 aromatic carbocycles. The first-order valence-corrected chi connectivity index (χ1v) is 7.77. The summed E-state index contributed by atoms with van der Waals surface area (Å²) in [5.41, 5.74) is 1.17. The van der Waals surface area contributed by atoms with Crippen molar-refractivity contribution in [2.24, 2.45) is 0 Å². The van der Waals surface area contributed by atoms with Crippen LogP contribution in [0.15, 0.2) is 28.0 Å². The molecule has 2 aromatic rings. The Hall–Kier alpha value is -1.69. The van der Waals surface area contributed by atoms with E-state index < -0.39 is 0 Å². The van der Waals surface area contributed by atoms with Crippen molar-refractivity contribution in [2.75, 3.05) is 30.1 Å². The molecule has 0 amide bonds. The lowest BCUT2D eigenvalue weighted by molar-refractivity contribution is 0.529. The first kappa shape index (κ1) is 14.7. The molecule has 1 N–H and O–H groups in total. The second kappa shape index (κ2) is 6.65. The van der Waals surface area contributed by atoms with Gasteiger partial charge in [0, 0.05) is 31.8 Å². The normalized spacial score (nSPS) is 10.6. The number of nitrogens with zero attached hydrogens (tertiary/aromatic N) is 3. The smallest absolute Gasteiger partial charge is 0.191 e. The predicted molar refractivity (Wildman–Crippen MR) is 83.5 cm³/mol. The molecular weight excluding hydrogens is 272 g/mol. The minimum absolute atomic E-state index is 0.763. The fourth-order valence-corrected chi connectivity index (χ4v) is 2.26. The van der Waals surface area contributed by atoms with Gasteiger partial charge in [-0.3, -0.25) is 0 Å². The molecular formula is C14H20N4OS. The van der Waals surface area contributed by atoms with Crippen LogP contribution in [0.25, 0.3) is 0 Å². The van der Waals surface area contributed by atoms with Crippen molar-refractivity contribution < 1.29 is 4.42 Å². The van der Waals surface area contributed by atoms with E-state index in [0.717, 1.165) is 35.6 Å². The van der Waals surface area contributed by atoms with Crippen molar-refractivity contribution in [1.82, 2.24) is 9.97 Å². The minimum atomic E-state index is 0.763. The van der Waals surface area contributed by atoms with Crippen LogP contribution in [-0.2, 0) is 6.54 Å². The molecule has 108 valence electrons. The lowest BCUT2D eigenvalue weighted by atomic mass is 10.2. The zero-order valence-corrected chi connectivity index (χ0v) is 13.1. The lowest BCUT2D eigenvalue weighted by Crippen LogP contribution is -2.19. The Morgan fingerprint density at radius 3 is 2.80 bits per heavy atom. The lowest BCUT2D eigenvalue weighted by Gasteiger charge is -2.19. The third-order valence-corrected chi connectivity index (χ3v) is 3.55. The number of hydrogen-bond donors (Lipinski definition) is 1. The molecule has 0 saturated carbocycles. The Morgan fingerprint density at radius 1 is 1.40 bits per heavy atom. The maximum Gasteiger partial charge on any atom is 0.191 e. The number of aryl methyl sites for hydroxylation is 1. The van der Waals surface area contributed by atoms with E-state index in [0.29, 0.717) is 0 Å². The Balaban J connectivity index is 2.22. The highest BCUT2D eigenvalue weighted by atomic mass is 32.2. The first-order chi connectivity index (χ1) is 9.63. The fourth-order valence-electron chi connectivity index (χ4n) is 1.88. The van der Waals surface area contributed by atoms with Gasteiger partial charge in [0.2, 0.25) is 0 Å². The molecule has 6 heteroatoms. The highest BCUT2D eigenvalue weighted by molar-refractivity contribution is 7.98. The topological polar surface area (TPSA) is 54.2 Å². The van der Waals surface area contributed by atoms with Crippen molar-refractivity contribution >= 4 is 23.4 Å². The van der Waals surface area contributed by atoms with Crippen LogP contribution in [0.3, 0.4) is 0 Å². The Morgan fingerprint density at radius 2 is 2.20 bits per heavy atom. The van der Waals surface area contributed by atoms with Crippen LogP contribution in [0, 0.1) is 6.92 Å². The van der Waals surface area contributed by atoms with Crippen LogP contribution in [0.5, 0.6) is 0 Å². The van der Waals surface area contributed by atoms with Gasteiger partial charge >= 0.3 is 0 Å². The summed E-state index contributed by atoms with van der Waals surface area (Å²) in [7, 11) is 2.02. The number of anilines is 2. The van der Waals surface area contributed by atoms with Crippen molar-refractivity contribution in [2.45, 2.75) is 25.5 Å². The van der Waals surface area contributed by atoms with E-state index in [9.17, 15) is 0 Å². The summed E-state index contributed by atoms with van der Waals surface area (Å²) in [5.74, 6) is 2.71. The molecule has 5 nitrogen and oxygen atoms in total. The van der Waals surface area contributed by atoms with E-state index in [4.69, 9.17) is 4.42 Å². The quantitative estimate of drug-likeness (QED) is 0.652. The second-order valence-corrected chi connectivity index (χ2v) is 5.26. The number of hydrogen-bond acceptors (Lipinski definition) is 6. The van der Waals surface area contributed by atoms with Gasteiger partial charge < -0.3 is 14.6 Å². The molecule has 2 heterocycles. The SMILES string of the molecule is CCNc1cc(N(C)Cc2ccoc2C)nc(SC)n1. The number of thioether (sulfide) groups is 1. The van der Waals surface area contributed by atoms with Gasteiger partial charge in [-0.15, -0.1) is 0 Å². The number of furan rings is 1. The third-order valence-electron chi connectivity index (χ3n) is 3.00. The van der Waals surface area contributed by atoms with E-state index in [-0.39, 0.29) is 0 Å². The molecule has 0 bridgehead atoms. The molecule has 20 heavy (non-hydrogen) atoms. The monoisotopic (exact) mass is 292 g/mol. The largest absolute Gasteiger partial charge is 0.469 e. The summed E-state index contributed by atoms with van der Waals surface area (Å²) in [6.45, 7) is 5.63. The van der Waals surface area contributed by atoms with Crippen LogP contribution in [-0.4, -0.2) is 29.8 Å². The third kappa shape index (κ3) is 3.45. The molecule has 0 atom stereocenters. The van der Waals surface area contributed by atoms with E-state index in [1.807, 2.05) is 32.4 Å². The molecule has 2 rings (SSSR count). The van der Waals surface area contributed by atoms with Crippen molar-refractivity contribution in [3.05, 3.63) is 29.7 Å². The van der Waals surface area contributed by atoms with Gasteiger partial charge in [0.25, 0.3) is 0 Å². The van der Waals surface area contributed by atoms with Gasteiger partial charge in [-0.25, -0.2) is 9.97 Å². The maximum absolute atomic E-state index is 5.33. The average Bonchev–Trinajstić information content (AvgIpc) is 2.84. The van der Waals surface area contributed by atoms with E-state index in [1.54, 1.807) is 18.0 Å². The van der Waals surface area contributed by atoms with Crippen LogP contribution in [0.2, 0.25) is 0 Å². The Labute approximate surface area is 123 Å². The van der Waals surface area contributed by atoms with E-state index in [1.165, 1.54) is 5.56 Å². The molecule has 0 unspecified atom stereocenters. The van der Waals surface area contributed by atoms with Crippen molar-refractivity contribution in [1.29, 1.82) is 0 Å². The van der Waals surface area contributed by atoms with E-state index >= 15 is 0 Å². The average molecular weight is 292 g/mol. The summed E-state index contributed by atoms with van der Waals surface area (Å²) in [4.78, 5) is 11.1. The standard InChI is InChI=1S/C14H20N4OS/c1-5-15-12-8-13(17-14(16-12)20-4)18(3)9-11-6-7-19-10(11)2/h6-8H,5,9H2,1-4H3,(H,15,16,17). The van der Waals surface area contributed by atoms with Gasteiger partial charge in [-0.05, 0) is 26.2 Å². The summed E-state index contributed by atoms with van der Waals surface area (Å²) in [5, 5.41) is 4.01. The molecule has 0 saturated heterocycles. The first-order valence-electron chi connectivity index (χ1n) is 6.55. The highest BCUT2D eigenvalue weighted by Gasteiger charge is 2.10. The molecule has 0 aliphatic rings. The maximum atomic E-state index is 5.33. The molecule has 0 aliphatic heterocycles. The van der Waals surface area contributed by atoms with Crippen LogP contribution in [0.1, 0.15) is 18.2 Å². The van der Waals surface area contributed by atoms with Crippen LogP contribution >= 0.6 is 11.8 Å². The summed E-state index contributed by atoms with van der Waals surface area (Å²) < 4.78 is 5.33. The zero-order valence-electron chi connectivity index (χ0n) is 12.3. The number of nitrogens with one attached hydrogen (secondary N) is 1. The summed E-state index contributed by atoms with van der Waals surface area (Å²) >= 11 is 1.54. The van der Waals surface area contributed by atoms with Gasteiger partial charge in [-0.2, -0.15) is 0 Å². The zero-order chi connectivity index (χ0) is 14.5. The molecule has 0 spiro atoms. The van der Waals surface area contributed by atoms with Gasteiger partial charge in [0.05, 0.1) is 6.26 Å². The summed E-state index contributed by atoms with van der Waals surface area (Å²) in [6.07, 6.45) is 3.70. The van der Waals surface area contributed by atoms with Crippen LogP contribution in [0.4, 0.5) is 11.6 Å². The molecule has 2 aromatic heterocycles. The minimum Gasteiger partial charge on any atom is -0.469 e. The molecule has 0 radical (unpaired) electrons. The molecule has 0 aliphatic carbocycles. The Kier molecular flexibility index (Phi) is 4.89. The van der Waals surface area contributed by atoms with Gasteiger partial charge in [-0.1, -0.05) is 11.8 Å². The fraction of sp³-hybridized carbons (Fsp3) is 0.429. The number of aromatic nitrogens is 2.